The van der Waals surface area contributed by atoms with Gasteiger partial charge in [-0.3, -0.25) is 14.9 Å². The maximum Gasteiger partial charge on any atom is 0.395 e. The second-order valence-corrected chi connectivity index (χ2v) is 4.49. The van der Waals surface area contributed by atoms with Crippen LogP contribution in [0.1, 0.15) is 11.4 Å². The Labute approximate surface area is 134 Å². The van der Waals surface area contributed by atoms with Crippen LogP contribution in [0.2, 0.25) is 0 Å². The third-order valence-electron chi connectivity index (χ3n) is 3.01. The van der Waals surface area contributed by atoms with Crippen molar-refractivity contribution in [1.82, 2.24) is 9.97 Å². The molecular formula is C14H13N3O7. The van der Waals surface area contributed by atoms with Gasteiger partial charge in [0.25, 0.3) is 5.88 Å². The molecule has 0 amide bonds. The normalized spacial score (nSPS) is 10.8. The highest BCUT2D eigenvalue weighted by Gasteiger charge is 2.21. The Hall–Kier alpha value is -3.56. The lowest BCUT2D eigenvalue weighted by Gasteiger charge is -2.09. The molecular weight excluding hydrogens is 322 g/mol. The number of nitrogens with one attached hydrogen (secondary N) is 1. The molecule has 10 heteroatoms. The van der Waals surface area contributed by atoms with Crippen molar-refractivity contribution in [2.75, 3.05) is 14.2 Å². The predicted molar refractivity (Wildman–Crippen MR) is 83.3 cm³/mol. The standard InChI is InChI=1S/C14H13N3O7/c1-23-8-5-7(6-9(24-2)12(8)18)3-4-10-15-13(19)11(17(21)22)14(20)16-10/h3-6,18H,1-2H3,(H2,15,16,19,20)/b4-3+. The van der Waals surface area contributed by atoms with Gasteiger partial charge < -0.3 is 24.7 Å². The van der Waals surface area contributed by atoms with E-state index in [4.69, 9.17) is 9.47 Å². The number of phenolic OH excluding ortho intramolecular Hbond substituents is 1. The Balaban J connectivity index is 2.42. The summed E-state index contributed by atoms with van der Waals surface area (Å²) in [5.74, 6) is -0.904. The summed E-state index contributed by atoms with van der Waals surface area (Å²) in [6, 6.07) is 3.00. The second kappa shape index (κ2) is 6.69. The number of aromatic hydroxyl groups is 2. The molecule has 24 heavy (non-hydrogen) atoms. The number of hydrogen-bond acceptors (Lipinski definition) is 8. The van der Waals surface area contributed by atoms with Crippen LogP contribution in [0.3, 0.4) is 0 Å². The number of phenols is 1. The Kier molecular flexibility index (Phi) is 4.68. The first kappa shape index (κ1) is 16.8. The Bertz CT molecular complexity index is 848. The number of ether oxygens (including phenoxy) is 2. The van der Waals surface area contributed by atoms with Gasteiger partial charge in [-0.05, 0) is 23.8 Å². The maximum absolute atomic E-state index is 11.6. The number of benzene rings is 1. The fourth-order valence-corrected chi connectivity index (χ4v) is 1.90. The van der Waals surface area contributed by atoms with Crippen LogP contribution in [-0.2, 0) is 0 Å². The molecule has 1 aromatic carbocycles. The van der Waals surface area contributed by atoms with Gasteiger partial charge in [0.2, 0.25) is 5.75 Å². The molecule has 0 saturated heterocycles. The lowest BCUT2D eigenvalue weighted by molar-refractivity contribution is -0.387. The van der Waals surface area contributed by atoms with Crippen LogP contribution in [0.15, 0.2) is 16.9 Å². The highest BCUT2D eigenvalue weighted by molar-refractivity contribution is 5.70. The van der Waals surface area contributed by atoms with Crippen LogP contribution in [0.4, 0.5) is 5.69 Å². The topological polar surface area (TPSA) is 148 Å². The van der Waals surface area contributed by atoms with Crippen molar-refractivity contribution < 1.29 is 24.6 Å². The van der Waals surface area contributed by atoms with E-state index in [0.717, 1.165) is 0 Å². The van der Waals surface area contributed by atoms with Gasteiger partial charge in [-0.2, -0.15) is 4.98 Å². The summed E-state index contributed by atoms with van der Waals surface area (Å²) in [6.07, 6.45) is 2.80. The number of rotatable bonds is 5. The summed E-state index contributed by atoms with van der Waals surface area (Å²) in [4.78, 5) is 26.9. The molecule has 0 aliphatic carbocycles. The van der Waals surface area contributed by atoms with Crippen molar-refractivity contribution in [2.24, 2.45) is 0 Å². The van der Waals surface area contributed by atoms with Crippen LogP contribution in [0.5, 0.6) is 23.1 Å². The minimum Gasteiger partial charge on any atom is -0.502 e. The summed E-state index contributed by atoms with van der Waals surface area (Å²) < 4.78 is 10.0. The molecule has 0 unspecified atom stereocenters. The molecule has 0 aliphatic heterocycles. The maximum atomic E-state index is 11.6. The number of aromatic amines is 1. The van der Waals surface area contributed by atoms with E-state index < -0.39 is 22.0 Å². The van der Waals surface area contributed by atoms with Crippen molar-refractivity contribution >= 4 is 17.8 Å². The average Bonchev–Trinajstić information content (AvgIpc) is 2.52. The van der Waals surface area contributed by atoms with Crippen LogP contribution >= 0.6 is 0 Å². The van der Waals surface area contributed by atoms with E-state index in [1.54, 1.807) is 0 Å². The van der Waals surface area contributed by atoms with Gasteiger partial charge in [-0.15, -0.1) is 0 Å². The van der Waals surface area contributed by atoms with Gasteiger partial charge in [0, 0.05) is 0 Å². The molecule has 0 aliphatic rings. The third kappa shape index (κ3) is 3.27. The summed E-state index contributed by atoms with van der Waals surface area (Å²) in [5.41, 5.74) is -1.57. The summed E-state index contributed by atoms with van der Waals surface area (Å²) in [7, 11) is 2.74. The van der Waals surface area contributed by atoms with Gasteiger partial charge >= 0.3 is 11.2 Å². The molecule has 1 heterocycles. The first-order valence-electron chi connectivity index (χ1n) is 6.48. The van der Waals surface area contributed by atoms with Crippen molar-refractivity contribution in [3.8, 4) is 23.1 Å². The monoisotopic (exact) mass is 335 g/mol. The van der Waals surface area contributed by atoms with Crippen molar-refractivity contribution in [1.29, 1.82) is 0 Å². The molecule has 0 bridgehead atoms. The van der Waals surface area contributed by atoms with Gasteiger partial charge in [0.1, 0.15) is 5.82 Å². The minimum absolute atomic E-state index is 0.0888. The SMILES string of the molecule is COc1cc(/C=C/c2nc(O)c([N+](=O)[O-])c(=O)[nH]2)cc(OC)c1O. The van der Waals surface area contributed by atoms with E-state index in [2.05, 4.69) is 9.97 Å². The number of nitro groups is 1. The van der Waals surface area contributed by atoms with Crippen LogP contribution in [-0.4, -0.2) is 39.3 Å². The van der Waals surface area contributed by atoms with Gasteiger partial charge in [0.15, 0.2) is 11.5 Å². The highest BCUT2D eigenvalue weighted by atomic mass is 16.6. The minimum atomic E-state index is -1.08. The average molecular weight is 335 g/mol. The molecule has 126 valence electrons. The zero-order valence-corrected chi connectivity index (χ0v) is 12.6. The fraction of sp³-hybridized carbons (Fsp3) is 0.143. The molecule has 3 N–H and O–H groups in total. The first-order valence-corrected chi connectivity index (χ1v) is 6.48. The largest absolute Gasteiger partial charge is 0.502 e. The van der Waals surface area contributed by atoms with Crippen LogP contribution in [0, 0.1) is 10.1 Å². The summed E-state index contributed by atoms with van der Waals surface area (Å²) in [5, 5.41) is 29.9. The number of hydrogen-bond donors (Lipinski definition) is 3. The van der Waals surface area contributed by atoms with Gasteiger partial charge in [-0.1, -0.05) is 6.08 Å². The third-order valence-corrected chi connectivity index (χ3v) is 3.01. The highest BCUT2D eigenvalue weighted by Crippen LogP contribution is 2.37. The Morgan fingerprint density at radius 3 is 2.25 bits per heavy atom. The van der Waals surface area contributed by atoms with E-state index in [-0.39, 0.29) is 23.1 Å². The number of nitrogens with zero attached hydrogens (tertiary/aromatic N) is 2. The molecule has 0 fully saturated rings. The molecule has 2 aromatic rings. The molecule has 2 rings (SSSR count). The number of aromatic nitrogens is 2. The zero-order chi connectivity index (χ0) is 17.9. The molecule has 0 atom stereocenters. The second-order valence-electron chi connectivity index (χ2n) is 4.49. The van der Waals surface area contributed by atoms with Crippen molar-refractivity contribution in [2.45, 2.75) is 0 Å². The zero-order valence-electron chi connectivity index (χ0n) is 12.6. The lowest BCUT2D eigenvalue weighted by atomic mass is 10.1. The van der Waals surface area contributed by atoms with E-state index in [1.165, 1.54) is 38.5 Å². The van der Waals surface area contributed by atoms with E-state index in [9.17, 15) is 25.1 Å². The Morgan fingerprint density at radius 1 is 1.21 bits per heavy atom. The first-order chi connectivity index (χ1) is 11.4. The summed E-state index contributed by atoms with van der Waals surface area (Å²) in [6.45, 7) is 0. The molecule has 1 aromatic heterocycles. The summed E-state index contributed by atoms with van der Waals surface area (Å²) >= 11 is 0. The van der Waals surface area contributed by atoms with Crippen molar-refractivity contribution in [3.05, 3.63) is 44.0 Å². The predicted octanol–water partition coefficient (Wildman–Crippen LogP) is 1.28. The number of H-pyrrole nitrogens is 1. The van der Waals surface area contributed by atoms with Gasteiger partial charge in [-0.25, -0.2) is 0 Å². The molecule has 0 spiro atoms. The van der Waals surface area contributed by atoms with Gasteiger partial charge in [0.05, 0.1) is 19.1 Å². The lowest BCUT2D eigenvalue weighted by Crippen LogP contribution is -2.14. The van der Waals surface area contributed by atoms with Crippen LogP contribution in [0.25, 0.3) is 12.2 Å². The fourth-order valence-electron chi connectivity index (χ4n) is 1.90. The van der Waals surface area contributed by atoms with Crippen molar-refractivity contribution in [3.63, 3.8) is 0 Å². The molecule has 0 radical (unpaired) electrons. The smallest absolute Gasteiger partial charge is 0.395 e. The quantitative estimate of drug-likeness (QED) is 0.546. The Morgan fingerprint density at radius 2 is 1.79 bits per heavy atom. The van der Waals surface area contributed by atoms with Crippen LogP contribution < -0.4 is 15.0 Å². The van der Waals surface area contributed by atoms with E-state index in [1.807, 2.05) is 0 Å². The number of methoxy groups -OCH3 is 2. The van der Waals surface area contributed by atoms with E-state index in [0.29, 0.717) is 5.56 Å². The molecule has 10 nitrogen and oxygen atoms in total. The van der Waals surface area contributed by atoms with E-state index >= 15 is 0 Å². The molecule has 0 saturated carbocycles.